The molecule has 2 amide bonds. The van der Waals surface area contributed by atoms with E-state index in [1.807, 2.05) is 30.3 Å². The minimum atomic E-state index is -0.982. The molecule has 0 spiro atoms. The number of benzene rings is 2. The van der Waals surface area contributed by atoms with Gasteiger partial charge in [-0.1, -0.05) is 18.2 Å². The van der Waals surface area contributed by atoms with Crippen molar-refractivity contribution in [1.29, 1.82) is 0 Å². The van der Waals surface area contributed by atoms with Crippen LogP contribution in [-0.4, -0.2) is 30.3 Å². The first-order valence-corrected chi connectivity index (χ1v) is 8.34. The maximum absolute atomic E-state index is 13.6. The number of carbonyl (C=O) groups is 2. The minimum absolute atomic E-state index is 0.322. The van der Waals surface area contributed by atoms with Crippen LogP contribution in [0.1, 0.15) is 29.1 Å². The quantitative estimate of drug-likeness (QED) is 0.743. The maximum atomic E-state index is 13.6. The van der Waals surface area contributed by atoms with Crippen LogP contribution in [0.2, 0.25) is 0 Å². The van der Waals surface area contributed by atoms with Crippen LogP contribution >= 0.6 is 0 Å². The fourth-order valence-electron chi connectivity index (χ4n) is 2.66. The zero-order valence-corrected chi connectivity index (χ0v) is 14.8. The number of likely N-dealkylation sites (N-methyl/N-ethyl adjacent to an activating group) is 1. The van der Waals surface area contributed by atoms with E-state index in [2.05, 4.69) is 5.32 Å². The number of nitrogens with one attached hydrogen (secondary N) is 1. The number of halogens is 2. The summed E-state index contributed by atoms with van der Waals surface area (Å²) in [6, 6.07) is 11.6. The molecular formula is C20H18F2N2O3. The van der Waals surface area contributed by atoms with Crippen molar-refractivity contribution in [2.24, 2.45) is 0 Å². The third kappa shape index (κ3) is 3.97. The number of hydrogen-bond donors (Lipinski definition) is 1. The molecule has 2 aromatic carbocycles. The van der Waals surface area contributed by atoms with Gasteiger partial charge in [-0.05, 0) is 31.2 Å². The zero-order valence-electron chi connectivity index (χ0n) is 14.8. The van der Waals surface area contributed by atoms with Crippen LogP contribution in [-0.2, 0) is 4.79 Å². The molecule has 0 saturated heterocycles. The molecule has 1 N–H and O–H groups in total. The first kappa shape index (κ1) is 18.6. The Morgan fingerprint density at radius 3 is 2.59 bits per heavy atom. The molecule has 27 heavy (non-hydrogen) atoms. The standard InChI is InChI=1S/C20H18F2N2O3/c1-12(18-9-13-5-3-4-6-17(13)27-18)24(2)19(25)11-23-20(26)15-8-7-14(21)10-16(15)22/h3-10,12H,11H2,1-2H3,(H,23,26). The van der Waals surface area contributed by atoms with E-state index < -0.39 is 17.5 Å². The topological polar surface area (TPSA) is 62.6 Å². The lowest BCUT2D eigenvalue weighted by Crippen LogP contribution is -2.39. The van der Waals surface area contributed by atoms with E-state index in [1.54, 1.807) is 14.0 Å². The molecule has 0 bridgehead atoms. The summed E-state index contributed by atoms with van der Waals surface area (Å²) in [4.78, 5) is 25.8. The van der Waals surface area contributed by atoms with E-state index >= 15 is 0 Å². The molecule has 1 unspecified atom stereocenters. The molecule has 0 aliphatic rings. The van der Waals surface area contributed by atoms with Crippen molar-refractivity contribution in [3.63, 3.8) is 0 Å². The zero-order chi connectivity index (χ0) is 19.6. The Morgan fingerprint density at radius 1 is 1.15 bits per heavy atom. The third-order valence-corrected chi connectivity index (χ3v) is 4.41. The fourth-order valence-corrected chi connectivity index (χ4v) is 2.66. The summed E-state index contributed by atoms with van der Waals surface area (Å²) >= 11 is 0. The number of nitrogens with zero attached hydrogens (tertiary/aromatic N) is 1. The largest absolute Gasteiger partial charge is 0.459 e. The summed E-state index contributed by atoms with van der Waals surface area (Å²) in [6.45, 7) is 1.48. The Balaban J connectivity index is 1.63. The van der Waals surface area contributed by atoms with Gasteiger partial charge in [0.2, 0.25) is 5.91 Å². The fraction of sp³-hybridized carbons (Fsp3) is 0.200. The molecule has 0 saturated carbocycles. The van der Waals surface area contributed by atoms with Gasteiger partial charge >= 0.3 is 0 Å². The van der Waals surface area contributed by atoms with Gasteiger partial charge in [0, 0.05) is 18.5 Å². The lowest BCUT2D eigenvalue weighted by molar-refractivity contribution is -0.131. The molecule has 7 heteroatoms. The molecule has 3 rings (SSSR count). The Hall–Kier alpha value is -3.22. The summed E-state index contributed by atoms with van der Waals surface area (Å²) in [5.74, 6) is -2.31. The summed E-state index contributed by atoms with van der Waals surface area (Å²) in [6.07, 6.45) is 0. The summed E-state index contributed by atoms with van der Waals surface area (Å²) in [5, 5.41) is 3.28. The Bertz CT molecular complexity index is 967. The SMILES string of the molecule is CC(c1cc2ccccc2o1)N(C)C(=O)CNC(=O)c1ccc(F)cc1F. The lowest BCUT2D eigenvalue weighted by atomic mass is 10.2. The molecule has 0 fully saturated rings. The van der Waals surface area contributed by atoms with E-state index in [0.29, 0.717) is 11.8 Å². The highest BCUT2D eigenvalue weighted by molar-refractivity contribution is 5.96. The smallest absolute Gasteiger partial charge is 0.254 e. The second-order valence-corrected chi connectivity index (χ2v) is 6.17. The Morgan fingerprint density at radius 2 is 1.89 bits per heavy atom. The van der Waals surface area contributed by atoms with Crippen LogP contribution in [0.15, 0.2) is 52.9 Å². The average molecular weight is 372 g/mol. The van der Waals surface area contributed by atoms with Crippen LogP contribution < -0.4 is 5.32 Å². The predicted octanol–water partition coefficient (Wildman–Crippen LogP) is 3.66. The molecule has 1 heterocycles. The molecule has 1 atom stereocenters. The lowest BCUT2D eigenvalue weighted by Gasteiger charge is -2.23. The van der Waals surface area contributed by atoms with Gasteiger partial charge in [-0.3, -0.25) is 9.59 Å². The second kappa shape index (κ2) is 7.57. The van der Waals surface area contributed by atoms with Crippen molar-refractivity contribution in [1.82, 2.24) is 10.2 Å². The van der Waals surface area contributed by atoms with Crippen LogP contribution in [0.5, 0.6) is 0 Å². The van der Waals surface area contributed by atoms with E-state index in [1.165, 1.54) is 4.90 Å². The van der Waals surface area contributed by atoms with E-state index in [4.69, 9.17) is 4.42 Å². The number of hydrogen-bond acceptors (Lipinski definition) is 3. The molecular weight excluding hydrogens is 354 g/mol. The van der Waals surface area contributed by atoms with Gasteiger partial charge in [0.15, 0.2) is 0 Å². The van der Waals surface area contributed by atoms with Gasteiger partial charge in [0.1, 0.15) is 23.0 Å². The molecule has 1 aromatic heterocycles. The van der Waals surface area contributed by atoms with Crippen molar-refractivity contribution < 1.29 is 22.8 Å². The number of carbonyl (C=O) groups excluding carboxylic acids is 2. The normalized spacial score (nSPS) is 12.0. The van der Waals surface area contributed by atoms with E-state index in [9.17, 15) is 18.4 Å². The molecule has 0 aliphatic heterocycles. The van der Waals surface area contributed by atoms with Gasteiger partial charge in [-0.25, -0.2) is 8.78 Å². The number of fused-ring (bicyclic) bond motifs is 1. The average Bonchev–Trinajstić information content (AvgIpc) is 3.08. The number of furan rings is 1. The van der Waals surface area contributed by atoms with E-state index in [0.717, 1.165) is 23.1 Å². The number of amides is 2. The van der Waals surface area contributed by atoms with Crippen molar-refractivity contribution in [3.05, 3.63) is 71.5 Å². The van der Waals surface area contributed by atoms with Gasteiger partial charge in [0.05, 0.1) is 18.2 Å². The van der Waals surface area contributed by atoms with Crippen LogP contribution in [0.4, 0.5) is 8.78 Å². The highest BCUT2D eigenvalue weighted by atomic mass is 19.1. The maximum Gasteiger partial charge on any atom is 0.254 e. The first-order chi connectivity index (χ1) is 12.9. The molecule has 140 valence electrons. The highest BCUT2D eigenvalue weighted by Gasteiger charge is 2.22. The number of para-hydroxylation sites is 1. The molecule has 0 aliphatic carbocycles. The molecule has 0 radical (unpaired) electrons. The van der Waals surface area contributed by atoms with Crippen molar-refractivity contribution >= 4 is 22.8 Å². The van der Waals surface area contributed by atoms with Gasteiger partial charge in [0.25, 0.3) is 5.91 Å². The second-order valence-electron chi connectivity index (χ2n) is 6.17. The summed E-state index contributed by atoms with van der Waals surface area (Å²) < 4.78 is 32.3. The Kier molecular flexibility index (Phi) is 5.21. The van der Waals surface area contributed by atoms with Crippen molar-refractivity contribution in [3.8, 4) is 0 Å². The van der Waals surface area contributed by atoms with E-state index in [-0.39, 0.29) is 24.1 Å². The molecule has 3 aromatic rings. The first-order valence-electron chi connectivity index (χ1n) is 8.34. The predicted molar refractivity (Wildman–Crippen MR) is 96.1 cm³/mol. The minimum Gasteiger partial charge on any atom is -0.459 e. The highest BCUT2D eigenvalue weighted by Crippen LogP contribution is 2.26. The third-order valence-electron chi connectivity index (χ3n) is 4.41. The van der Waals surface area contributed by atoms with Crippen molar-refractivity contribution in [2.45, 2.75) is 13.0 Å². The monoisotopic (exact) mass is 372 g/mol. The van der Waals surface area contributed by atoms with Crippen molar-refractivity contribution in [2.75, 3.05) is 13.6 Å². The van der Waals surface area contributed by atoms with Gasteiger partial charge in [-0.2, -0.15) is 0 Å². The Labute approximate surface area is 154 Å². The van der Waals surface area contributed by atoms with Crippen LogP contribution in [0, 0.1) is 11.6 Å². The summed E-state index contributed by atoms with van der Waals surface area (Å²) in [7, 11) is 1.59. The molecule has 5 nitrogen and oxygen atoms in total. The van der Waals surface area contributed by atoms with Crippen LogP contribution in [0.25, 0.3) is 11.0 Å². The van der Waals surface area contributed by atoms with Crippen LogP contribution in [0.3, 0.4) is 0 Å². The summed E-state index contributed by atoms with van der Waals surface area (Å²) in [5.41, 5.74) is 0.400. The van der Waals surface area contributed by atoms with Gasteiger partial charge < -0.3 is 14.6 Å². The number of rotatable bonds is 5. The van der Waals surface area contributed by atoms with Gasteiger partial charge in [-0.15, -0.1) is 0 Å².